The van der Waals surface area contributed by atoms with Crippen LogP contribution in [0.25, 0.3) is 0 Å². The Bertz CT molecular complexity index is 173. The molecule has 0 aromatic rings. The molecule has 1 unspecified atom stereocenters. The van der Waals surface area contributed by atoms with Crippen LogP contribution in [0, 0.1) is 5.92 Å². The quantitative estimate of drug-likeness (QED) is 0.609. The maximum atomic E-state index is 12.5. The van der Waals surface area contributed by atoms with E-state index in [9.17, 15) is 17.6 Å². The van der Waals surface area contributed by atoms with Crippen LogP contribution in [-0.4, -0.2) is 25.4 Å². The molecule has 0 saturated carbocycles. The van der Waals surface area contributed by atoms with Gasteiger partial charge in [0.2, 0.25) is 0 Å². The molecule has 0 radical (unpaired) electrons. The fourth-order valence-electron chi connectivity index (χ4n) is 1.46. The Labute approximate surface area is 94.6 Å². The number of alkyl halides is 4. The maximum Gasteiger partial charge on any atom is 0.319 e. The van der Waals surface area contributed by atoms with Gasteiger partial charge < -0.3 is 5.32 Å². The Balaban J connectivity index is 3.77. The first kappa shape index (κ1) is 15.7. The van der Waals surface area contributed by atoms with E-state index in [1.54, 1.807) is 0 Å². The smallest absolute Gasteiger partial charge is 0.311 e. The van der Waals surface area contributed by atoms with E-state index in [0.717, 1.165) is 25.7 Å². The van der Waals surface area contributed by atoms with Crippen molar-refractivity contribution in [3.05, 3.63) is 0 Å². The number of hydrogen-bond acceptors (Lipinski definition) is 1. The second-order valence-electron chi connectivity index (χ2n) is 4.11. The molecule has 0 aromatic carbocycles. The van der Waals surface area contributed by atoms with E-state index in [-0.39, 0.29) is 0 Å². The molecule has 0 aliphatic heterocycles. The van der Waals surface area contributed by atoms with Crippen LogP contribution in [0.3, 0.4) is 0 Å². The Hall–Kier alpha value is -0.320. The van der Waals surface area contributed by atoms with Crippen molar-refractivity contribution in [2.45, 2.75) is 51.9 Å². The van der Waals surface area contributed by atoms with E-state index in [1.807, 2.05) is 6.92 Å². The second-order valence-corrected chi connectivity index (χ2v) is 4.11. The lowest BCUT2D eigenvalue weighted by Gasteiger charge is -2.19. The van der Waals surface area contributed by atoms with Gasteiger partial charge in [-0.15, -0.1) is 0 Å². The van der Waals surface area contributed by atoms with Crippen LogP contribution >= 0.6 is 0 Å². The Morgan fingerprint density at radius 3 is 2.25 bits per heavy atom. The van der Waals surface area contributed by atoms with Gasteiger partial charge in [0.15, 0.2) is 0 Å². The summed E-state index contributed by atoms with van der Waals surface area (Å²) in [5, 5.41) is 2.44. The maximum absolute atomic E-state index is 12.5. The summed E-state index contributed by atoms with van der Waals surface area (Å²) in [5.74, 6) is -3.61. The van der Waals surface area contributed by atoms with Gasteiger partial charge in [0.1, 0.15) is 0 Å². The summed E-state index contributed by atoms with van der Waals surface area (Å²) >= 11 is 0. The minimum Gasteiger partial charge on any atom is -0.311 e. The van der Waals surface area contributed by atoms with Crippen LogP contribution in [-0.2, 0) is 0 Å². The van der Waals surface area contributed by atoms with Gasteiger partial charge >= 0.3 is 12.3 Å². The molecule has 1 atom stereocenters. The van der Waals surface area contributed by atoms with Crippen LogP contribution in [0.5, 0.6) is 0 Å². The molecule has 0 saturated heterocycles. The summed E-state index contributed by atoms with van der Waals surface area (Å²) in [5.41, 5.74) is 0. The van der Waals surface area contributed by atoms with Crippen LogP contribution in [0.1, 0.15) is 39.5 Å². The largest absolute Gasteiger partial charge is 0.319 e. The third-order valence-corrected chi connectivity index (χ3v) is 2.66. The number of rotatable bonds is 9. The first-order valence-electron chi connectivity index (χ1n) is 5.80. The third kappa shape index (κ3) is 6.30. The van der Waals surface area contributed by atoms with Crippen molar-refractivity contribution in [3.63, 3.8) is 0 Å². The van der Waals surface area contributed by atoms with Gasteiger partial charge in [-0.1, -0.05) is 33.1 Å². The third-order valence-electron chi connectivity index (χ3n) is 2.66. The van der Waals surface area contributed by atoms with E-state index < -0.39 is 18.9 Å². The van der Waals surface area contributed by atoms with Gasteiger partial charge in [-0.2, -0.15) is 8.78 Å². The molecule has 0 heterocycles. The van der Waals surface area contributed by atoms with Gasteiger partial charge in [0, 0.05) is 0 Å². The average Bonchev–Trinajstić information content (AvgIpc) is 2.22. The van der Waals surface area contributed by atoms with E-state index >= 15 is 0 Å². The van der Waals surface area contributed by atoms with Crippen LogP contribution < -0.4 is 5.32 Å². The summed E-state index contributed by atoms with van der Waals surface area (Å²) in [6.45, 7) is 3.49. The highest BCUT2D eigenvalue weighted by Gasteiger charge is 2.40. The zero-order valence-corrected chi connectivity index (χ0v) is 9.91. The molecule has 0 rings (SSSR count). The van der Waals surface area contributed by atoms with E-state index in [0.29, 0.717) is 12.5 Å². The number of nitrogens with one attached hydrogen (secondary N) is 1. The molecule has 0 aliphatic rings. The van der Waals surface area contributed by atoms with Crippen LogP contribution in [0.2, 0.25) is 0 Å². The monoisotopic (exact) mass is 243 g/mol. The molecule has 0 spiro atoms. The SMILES string of the molecule is CCCCC(CC)CNCC(F)(F)C(F)F. The number of hydrogen-bond donors (Lipinski definition) is 1. The minimum atomic E-state index is -3.91. The standard InChI is InChI=1S/C11H21F4N/c1-3-5-6-9(4-2)7-16-8-11(14,15)10(12)13/h9-10,16H,3-8H2,1-2H3. The molecule has 0 aliphatic carbocycles. The minimum absolute atomic E-state index is 0.299. The van der Waals surface area contributed by atoms with Crippen molar-refractivity contribution >= 4 is 0 Å². The van der Waals surface area contributed by atoms with E-state index in [1.165, 1.54) is 0 Å². The van der Waals surface area contributed by atoms with Crippen molar-refractivity contribution < 1.29 is 17.6 Å². The lowest BCUT2D eigenvalue weighted by Crippen LogP contribution is -2.40. The molecular formula is C11H21F4N. The van der Waals surface area contributed by atoms with Crippen molar-refractivity contribution in [1.29, 1.82) is 0 Å². The van der Waals surface area contributed by atoms with Crippen LogP contribution in [0.15, 0.2) is 0 Å². The Morgan fingerprint density at radius 1 is 1.19 bits per heavy atom. The number of halogens is 4. The molecule has 5 heteroatoms. The fourth-order valence-corrected chi connectivity index (χ4v) is 1.46. The average molecular weight is 243 g/mol. The first-order chi connectivity index (χ1) is 7.44. The summed E-state index contributed by atoms with van der Waals surface area (Å²) in [6, 6.07) is 0. The summed E-state index contributed by atoms with van der Waals surface area (Å²) in [4.78, 5) is 0. The lowest BCUT2D eigenvalue weighted by atomic mass is 9.99. The van der Waals surface area contributed by atoms with Gasteiger partial charge in [0.25, 0.3) is 0 Å². The molecule has 1 N–H and O–H groups in total. The predicted molar refractivity (Wildman–Crippen MR) is 57.1 cm³/mol. The lowest BCUT2D eigenvalue weighted by molar-refractivity contribution is -0.125. The molecule has 16 heavy (non-hydrogen) atoms. The molecule has 1 nitrogen and oxygen atoms in total. The highest BCUT2D eigenvalue weighted by Crippen LogP contribution is 2.21. The zero-order valence-electron chi connectivity index (χ0n) is 9.91. The first-order valence-corrected chi connectivity index (χ1v) is 5.80. The molecule has 0 amide bonds. The summed E-state index contributed by atoms with van der Waals surface area (Å²) in [7, 11) is 0. The Morgan fingerprint density at radius 2 is 1.81 bits per heavy atom. The summed E-state index contributed by atoms with van der Waals surface area (Å²) in [6.07, 6.45) is 0.360. The van der Waals surface area contributed by atoms with Gasteiger partial charge in [-0.25, -0.2) is 8.78 Å². The highest BCUT2D eigenvalue weighted by molar-refractivity contribution is 4.73. The van der Waals surface area contributed by atoms with Crippen molar-refractivity contribution in [2.75, 3.05) is 13.1 Å². The van der Waals surface area contributed by atoms with Gasteiger partial charge in [-0.05, 0) is 18.9 Å². The van der Waals surface area contributed by atoms with Crippen molar-refractivity contribution in [3.8, 4) is 0 Å². The zero-order chi connectivity index (χ0) is 12.6. The van der Waals surface area contributed by atoms with Crippen LogP contribution in [0.4, 0.5) is 17.6 Å². The van der Waals surface area contributed by atoms with Gasteiger partial charge in [0.05, 0.1) is 6.54 Å². The van der Waals surface area contributed by atoms with Gasteiger partial charge in [-0.3, -0.25) is 0 Å². The molecule has 98 valence electrons. The normalized spacial score (nSPS) is 14.4. The topological polar surface area (TPSA) is 12.0 Å². The second kappa shape index (κ2) is 7.87. The predicted octanol–water partition coefficient (Wildman–Crippen LogP) is 3.69. The fraction of sp³-hybridized carbons (Fsp3) is 1.00. The van der Waals surface area contributed by atoms with E-state index in [2.05, 4.69) is 12.2 Å². The molecule has 0 fully saturated rings. The Kier molecular flexibility index (Phi) is 7.72. The van der Waals surface area contributed by atoms with Crippen molar-refractivity contribution in [1.82, 2.24) is 5.32 Å². The number of unbranched alkanes of at least 4 members (excludes halogenated alkanes) is 1. The van der Waals surface area contributed by atoms with E-state index in [4.69, 9.17) is 0 Å². The molecular weight excluding hydrogens is 222 g/mol. The van der Waals surface area contributed by atoms with Crippen molar-refractivity contribution in [2.24, 2.45) is 5.92 Å². The molecule has 0 aromatic heterocycles. The summed E-state index contributed by atoms with van der Waals surface area (Å²) < 4.78 is 48.7. The molecule has 0 bridgehead atoms. The highest BCUT2D eigenvalue weighted by atomic mass is 19.3.